The molecule has 17 heavy (non-hydrogen) atoms. The second-order valence-corrected chi connectivity index (χ2v) is 6.74. The van der Waals surface area contributed by atoms with Gasteiger partial charge in [0.15, 0.2) is 0 Å². The van der Waals surface area contributed by atoms with Crippen molar-refractivity contribution in [1.29, 1.82) is 0 Å². The Balaban J connectivity index is 2.14. The molecule has 1 N–H and O–H groups in total. The van der Waals surface area contributed by atoms with Crippen LogP contribution in [0.4, 0.5) is 0 Å². The van der Waals surface area contributed by atoms with E-state index in [1.807, 2.05) is 13.0 Å². The normalized spacial score (nSPS) is 12.9. The summed E-state index contributed by atoms with van der Waals surface area (Å²) in [6.07, 6.45) is 1.45. The highest BCUT2D eigenvalue weighted by molar-refractivity contribution is 9.13. The molecule has 0 aliphatic carbocycles. The molecule has 4 nitrogen and oxygen atoms in total. The van der Waals surface area contributed by atoms with Crippen LogP contribution in [0.5, 0.6) is 0 Å². The predicted octanol–water partition coefficient (Wildman–Crippen LogP) is 3.16. The fourth-order valence-electron chi connectivity index (χ4n) is 1.51. The van der Waals surface area contributed by atoms with Gasteiger partial charge in [-0.2, -0.15) is 5.10 Å². The molecule has 1 unspecified atom stereocenters. The van der Waals surface area contributed by atoms with Crippen molar-refractivity contribution in [2.24, 2.45) is 0 Å². The van der Waals surface area contributed by atoms with Crippen molar-refractivity contribution >= 4 is 43.2 Å². The molecule has 1 atom stereocenters. The minimum Gasteiger partial charge on any atom is -0.387 e. The average Bonchev–Trinajstić information content (AvgIpc) is 2.86. The van der Waals surface area contributed by atoms with Gasteiger partial charge in [0.1, 0.15) is 12.2 Å². The largest absolute Gasteiger partial charge is 0.387 e. The molecule has 0 aromatic carbocycles. The van der Waals surface area contributed by atoms with Crippen molar-refractivity contribution in [2.75, 3.05) is 0 Å². The molecule has 0 bridgehead atoms. The van der Waals surface area contributed by atoms with Crippen molar-refractivity contribution in [3.8, 4) is 0 Å². The van der Waals surface area contributed by atoms with Crippen LogP contribution in [0.2, 0.25) is 0 Å². The first-order valence-electron chi connectivity index (χ1n) is 5.11. The molecule has 0 fully saturated rings. The summed E-state index contributed by atoms with van der Waals surface area (Å²) < 4.78 is 3.75. The van der Waals surface area contributed by atoms with Crippen LogP contribution < -0.4 is 0 Å². The molecule has 2 heterocycles. The number of aliphatic hydroxyl groups is 1. The lowest BCUT2D eigenvalue weighted by Gasteiger charge is -2.08. The summed E-state index contributed by atoms with van der Waals surface area (Å²) >= 11 is 8.35. The van der Waals surface area contributed by atoms with E-state index >= 15 is 0 Å². The highest BCUT2D eigenvalue weighted by Gasteiger charge is 2.16. The fraction of sp³-hybridized carbons (Fsp3) is 0.400. The van der Waals surface area contributed by atoms with E-state index in [1.165, 1.54) is 17.7 Å². The van der Waals surface area contributed by atoms with Gasteiger partial charge in [-0.15, -0.1) is 11.3 Å². The van der Waals surface area contributed by atoms with Gasteiger partial charge in [-0.05, 0) is 44.8 Å². The van der Waals surface area contributed by atoms with Crippen LogP contribution in [0.15, 0.2) is 20.7 Å². The summed E-state index contributed by atoms with van der Waals surface area (Å²) in [5, 5.41) is 14.2. The van der Waals surface area contributed by atoms with Crippen LogP contribution in [0.25, 0.3) is 0 Å². The Morgan fingerprint density at radius 3 is 2.88 bits per heavy atom. The van der Waals surface area contributed by atoms with Crippen molar-refractivity contribution in [1.82, 2.24) is 14.8 Å². The van der Waals surface area contributed by atoms with E-state index in [4.69, 9.17) is 0 Å². The first-order chi connectivity index (χ1) is 8.11. The Labute approximate surface area is 120 Å². The van der Waals surface area contributed by atoms with Gasteiger partial charge in [0.2, 0.25) is 0 Å². The summed E-state index contributed by atoms with van der Waals surface area (Å²) in [4.78, 5) is 5.07. The third-order valence-corrected chi connectivity index (χ3v) is 5.72. The Morgan fingerprint density at radius 2 is 2.29 bits per heavy atom. The molecule has 92 valence electrons. The zero-order chi connectivity index (χ0) is 12.4. The van der Waals surface area contributed by atoms with E-state index in [9.17, 15) is 5.11 Å². The Kier molecular flexibility index (Phi) is 4.35. The van der Waals surface area contributed by atoms with Gasteiger partial charge in [0.05, 0.1) is 9.89 Å². The van der Waals surface area contributed by atoms with E-state index in [1.54, 1.807) is 4.68 Å². The van der Waals surface area contributed by atoms with Crippen molar-refractivity contribution < 1.29 is 5.11 Å². The molecule has 0 aliphatic heterocycles. The second kappa shape index (κ2) is 5.60. The van der Waals surface area contributed by atoms with Crippen LogP contribution in [-0.4, -0.2) is 19.9 Å². The smallest absolute Gasteiger partial charge is 0.138 e. The first-order valence-corrected chi connectivity index (χ1v) is 7.51. The molecule has 2 rings (SSSR count). The SMILES string of the molecule is CCn1ncnc1CC(O)c1cc(Br)c(Br)s1. The summed E-state index contributed by atoms with van der Waals surface area (Å²) in [5.74, 6) is 0.806. The standard InChI is InChI=1S/C10H11Br2N3OS/c1-2-15-9(13-5-14-15)4-7(16)8-3-6(11)10(12)17-8/h3,5,7,16H,2,4H2,1H3. The summed E-state index contributed by atoms with van der Waals surface area (Å²) in [6, 6.07) is 1.92. The maximum atomic E-state index is 10.1. The molecule has 0 saturated heterocycles. The van der Waals surface area contributed by atoms with Gasteiger partial charge in [-0.25, -0.2) is 4.98 Å². The Bertz CT molecular complexity index is 492. The Morgan fingerprint density at radius 1 is 1.53 bits per heavy atom. The molecular weight excluding hydrogens is 370 g/mol. The number of hydrogen-bond acceptors (Lipinski definition) is 4. The van der Waals surface area contributed by atoms with Crippen molar-refractivity contribution in [3.63, 3.8) is 0 Å². The molecule has 0 spiro atoms. The number of nitrogens with zero attached hydrogens (tertiary/aromatic N) is 3. The summed E-state index contributed by atoms with van der Waals surface area (Å²) in [7, 11) is 0. The van der Waals surface area contributed by atoms with Gasteiger partial charge in [0.25, 0.3) is 0 Å². The van der Waals surface area contributed by atoms with Crippen LogP contribution >= 0.6 is 43.2 Å². The van der Waals surface area contributed by atoms with E-state index < -0.39 is 6.10 Å². The highest BCUT2D eigenvalue weighted by atomic mass is 79.9. The van der Waals surface area contributed by atoms with Gasteiger partial charge in [0, 0.05) is 22.3 Å². The van der Waals surface area contributed by atoms with E-state index in [-0.39, 0.29) is 0 Å². The molecule has 7 heteroatoms. The number of thiophene rings is 1. The zero-order valence-electron chi connectivity index (χ0n) is 9.10. The van der Waals surface area contributed by atoms with E-state index in [2.05, 4.69) is 41.9 Å². The summed E-state index contributed by atoms with van der Waals surface area (Å²) in [5.41, 5.74) is 0. The molecule has 0 amide bonds. The topological polar surface area (TPSA) is 50.9 Å². The molecule has 0 saturated carbocycles. The van der Waals surface area contributed by atoms with Gasteiger partial charge >= 0.3 is 0 Å². The van der Waals surface area contributed by atoms with Crippen LogP contribution in [0.1, 0.15) is 23.7 Å². The van der Waals surface area contributed by atoms with Gasteiger partial charge in [-0.3, -0.25) is 4.68 Å². The lowest BCUT2D eigenvalue weighted by atomic mass is 10.2. The van der Waals surface area contributed by atoms with Crippen molar-refractivity contribution in [3.05, 3.63) is 31.4 Å². The minimum absolute atomic E-state index is 0.479. The second-order valence-electron chi connectivity index (χ2n) is 3.48. The number of aromatic nitrogens is 3. The third-order valence-electron chi connectivity index (χ3n) is 2.36. The number of rotatable bonds is 4. The van der Waals surface area contributed by atoms with Crippen LogP contribution in [0, 0.1) is 0 Å². The maximum absolute atomic E-state index is 10.1. The monoisotopic (exact) mass is 379 g/mol. The number of halogens is 2. The molecular formula is C10H11Br2N3OS. The average molecular weight is 381 g/mol. The minimum atomic E-state index is -0.544. The number of aliphatic hydroxyl groups excluding tert-OH is 1. The van der Waals surface area contributed by atoms with Crippen LogP contribution in [-0.2, 0) is 13.0 Å². The number of aryl methyl sites for hydroxylation is 1. The predicted molar refractivity (Wildman–Crippen MR) is 74.1 cm³/mol. The molecule has 0 radical (unpaired) electrons. The zero-order valence-corrected chi connectivity index (χ0v) is 13.1. The maximum Gasteiger partial charge on any atom is 0.138 e. The van der Waals surface area contributed by atoms with Crippen molar-refractivity contribution in [2.45, 2.75) is 26.0 Å². The van der Waals surface area contributed by atoms with E-state index in [0.717, 1.165) is 25.5 Å². The first kappa shape index (κ1) is 13.2. The molecule has 2 aromatic heterocycles. The summed E-state index contributed by atoms with van der Waals surface area (Å²) in [6.45, 7) is 2.77. The van der Waals surface area contributed by atoms with Crippen LogP contribution in [0.3, 0.4) is 0 Å². The quantitative estimate of drug-likeness (QED) is 0.886. The lowest BCUT2D eigenvalue weighted by Crippen LogP contribution is -2.08. The van der Waals surface area contributed by atoms with Gasteiger partial charge in [-0.1, -0.05) is 0 Å². The molecule has 0 aliphatic rings. The fourth-order valence-corrected chi connectivity index (χ4v) is 3.59. The third kappa shape index (κ3) is 2.96. The molecule has 2 aromatic rings. The number of hydrogen-bond donors (Lipinski definition) is 1. The Hall–Kier alpha value is -0.240. The van der Waals surface area contributed by atoms with E-state index in [0.29, 0.717) is 6.42 Å². The highest BCUT2D eigenvalue weighted by Crippen LogP contribution is 2.36. The van der Waals surface area contributed by atoms with Gasteiger partial charge < -0.3 is 5.11 Å². The lowest BCUT2D eigenvalue weighted by molar-refractivity contribution is 0.178.